The summed E-state index contributed by atoms with van der Waals surface area (Å²) in [7, 11) is 0. The third-order valence-corrected chi connectivity index (χ3v) is 3.85. The van der Waals surface area contributed by atoms with Crippen molar-refractivity contribution in [2.45, 2.75) is 45.2 Å². The second-order valence-corrected chi connectivity index (χ2v) is 5.40. The molecule has 3 N–H and O–H groups in total. The zero-order chi connectivity index (χ0) is 13.1. The average molecular weight is 249 g/mol. The molecule has 2 atom stereocenters. The molecule has 1 aromatic rings. The fourth-order valence-corrected chi connectivity index (χ4v) is 2.79. The van der Waals surface area contributed by atoms with E-state index >= 15 is 0 Å². The molecule has 4 nitrogen and oxygen atoms in total. The Kier molecular flexibility index (Phi) is 4.07. The molecule has 18 heavy (non-hydrogen) atoms. The molecule has 2 rings (SSSR count). The van der Waals surface area contributed by atoms with Gasteiger partial charge < -0.3 is 15.6 Å². The molecule has 100 valence electrons. The lowest BCUT2D eigenvalue weighted by molar-refractivity contribution is 0.0918. The van der Waals surface area contributed by atoms with Gasteiger partial charge in [0.05, 0.1) is 0 Å². The Hall–Kier alpha value is -1.29. The zero-order valence-corrected chi connectivity index (χ0v) is 11.2. The number of carbonyl (C=O) groups excluding carboxylic acids is 1. The lowest BCUT2D eigenvalue weighted by atomic mass is 10.0. The SMILES string of the molecule is CC(C)n1cccc1C(=O)NC1CCCC1CN. The van der Waals surface area contributed by atoms with Gasteiger partial charge in [-0.2, -0.15) is 0 Å². The lowest BCUT2D eigenvalue weighted by Gasteiger charge is -2.20. The Morgan fingerprint density at radius 2 is 2.33 bits per heavy atom. The molecule has 0 radical (unpaired) electrons. The van der Waals surface area contributed by atoms with Crippen molar-refractivity contribution in [3.8, 4) is 0 Å². The lowest BCUT2D eigenvalue weighted by Crippen LogP contribution is -2.40. The van der Waals surface area contributed by atoms with Crippen LogP contribution in [0.5, 0.6) is 0 Å². The molecule has 1 fully saturated rings. The quantitative estimate of drug-likeness (QED) is 0.856. The molecule has 0 aliphatic heterocycles. The maximum atomic E-state index is 12.3. The topological polar surface area (TPSA) is 60.0 Å². The van der Waals surface area contributed by atoms with E-state index in [4.69, 9.17) is 5.73 Å². The van der Waals surface area contributed by atoms with Gasteiger partial charge in [0.15, 0.2) is 0 Å². The van der Waals surface area contributed by atoms with Crippen molar-refractivity contribution in [3.05, 3.63) is 24.0 Å². The van der Waals surface area contributed by atoms with Crippen molar-refractivity contribution in [2.24, 2.45) is 11.7 Å². The monoisotopic (exact) mass is 249 g/mol. The second-order valence-electron chi connectivity index (χ2n) is 5.40. The van der Waals surface area contributed by atoms with Crippen LogP contribution in [0.15, 0.2) is 18.3 Å². The van der Waals surface area contributed by atoms with Crippen molar-refractivity contribution in [3.63, 3.8) is 0 Å². The van der Waals surface area contributed by atoms with E-state index in [0.717, 1.165) is 25.0 Å². The highest BCUT2D eigenvalue weighted by Gasteiger charge is 2.28. The predicted molar refractivity (Wildman–Crippen MR) is 72.5 cm³/mol. The first-order valence-corrected chi connectivity index (χ1v) is 6.81. The van der Waals surface area contributed by atoms with E-state index in [2.05, 4.69) is 19.2 Å². The average Bonchev–Trinajstić information content (AvgIpc) is 2.96. The molecule has 4 heteroatoms. The van der Waals surface area contributed by atoms with Crippen LogP contribution in [0, 0.1) is 5.92 Å². The number of nitrogens with zero attached hydrogens (tertiary/aromatic N) is 1. The minimum atomic E-state index is 0.0269. The van der Waals surface area contributed by atoms with Gasteiger partial charge in [-0.1, -0.05) is 6.42 Å². The van der Waals surface area contributed by atoms with Crippen LogP contribution < -0.4 is 11.1 Å². The van der Waals surface area contributed by atoms with Crippen LogP contribution in [-0.2, 0) is 0 Å². The molecule has 1 aliphatic carbocycles. The molecule has 0 saturated heterocycles. The third-order valence-electron chi connectivity index (χ3n) is 3.85. The maximum absolute atomic E-state index is 12.3. The van der Waals surface area contributed by atoms with E-state index in [1.54, 1.807) is 0 Å². The Morgan fingerprint density at radius 3 is 3.00 bits per heavy atom. The Bertz CT molecular complexity index is 411. The van der Waals surface area contributed by atoms with E-state index in [0.29, 0.717) is 18.5 Å². The number of rotatable bonds is 4. The van der Waals surface area contributed by atoms with Crippen LogP contribution in [0.4, 0.5) is 0 Å². The summed E-state index contributed by atoms with van der Waals surface area (Å²) in [6, 6.07) is 4.35. The number of hydrogen-bond donors (Lipinski definition) is 2. The van der Waals surface area contributed by atoms with Crippen molar-refractivity contribution in [1.29, 1.82) is 0 Å². The molecule has 0 aromatic carbocycles. The van der Waals surface area contributed by atoms with E-state index < -0.39 is 0 Å². The summed E-state index contributed by atoms with van der Waals surface area (Å²) in [5.74, 6) is 0.468. The first kappa shape index (κ1) is 13.1. The van der Waals surface area contributed by atoms with Crippen LogP contribution in [0.3, 0.4) is 0 Å². The molecular formula is C14H23N3O. The van der Waals surface area contributed by atoms with E-state index in [1.807, 2.05) is 22.9 Å². The smallest absolute Gasteiger partial charge is 0.268 e. The molecule has 1 saturated carbocycles. The second kappa shape index (κ2) is 5.57. The van der Waals surface area contributed by atoms with Gasteiger partial charge in [0.25, 0.3) is 5.91 Å². The first-order valence-electron chi connectivity index (χ1n) is 6.81. The van der Waals surface area contributed by atoms with Crippen LogP contribution >= 0.6 is 0 Å². The van der Waals surface area contributed by atoms with Crippen molar-refractivity contribution in [2.75, 3.05) is 6.54 Å². The zero-order valence-electron chi connectivity index (χ0n) is 11.2. The third kappa shape index (κ3) is 2.58. The maximum Gasteiger partial charge on any atom is 0.268 e. The number of nitrogens with two attached hydrogens (primary N) is 1. The molecule has 1 amide bonds. The van der Waals surface area contributed by atoms with Gasteiger partial charge in [-0.3, -0.25) is 4.79 Å². The van der Waals surface area contributed by atoms with Gasteiger partial charge in [0.1, 0.15) is 5.69 Å². The highest BCUT2D eigenvalue weighted by atomic mass is 16.2. The van der Waals surface area contributed by atoms with Crippen molar-refractivity contribution in [1.82, 2.24) is 9.88 Å². The summed E-state index contributed by atoms with van der Waals surface area (Å²) in [5.41, 5.74) is 6.48. The van der Waals surface area contributed by atoms with Gasteiger partial charge in [-0.25, -0.2) is 0 Å². The minimum absolute atomic E-state index is 0.0269. The van der Waals surface area contributed by atoms with Crippen LogP contribution in [0.25, 0.3) is 0 Å². The fraction of sp³-hybridized carbons (Fsp3) is 0.643. The van der Waals surface area contributed by atoms with Crippen LogP contribution in [-0.4, -0.2) is 23.1 Å². The van der Waals surface area contributed by atoms with Crippen LogP contribution in [0.1, 0.15) is 49.6 Å². The summed E-state index contributed by atoms with van der Waals surface area (Å²) >= 11 is 0. The van der Waals surface area contributed by atoms with Crippen LogP contribution in [0.2, 0.25) is 0 Å². The minimum Gasteiger partial charge on any atom is -0.348 e. The molecule has 0 spiro atoms. The molecule has 1 heterocycles. The number of hydrogen-bond acceptors (Lipinski definition) is 2. The Labute approximate surface area is 109 Å². The number of nitrogens with one attached hydrogen (secondary N) is 1. The highest BCUT2D eigenvalue weighted by molar-refractivity contribution is 5.93. The highest BCUT2D eigenvalue weighted by Crippen LogP contribution is 2.25. The van der Waals surface area contributed by atoms with Gasteiger partial charge in [-0.15, -0.1) is 0 Å². The summed E-state index contributed by atoms with van der Waals surface area (Å²) in [6.07, 6.45) is 5.30. The predicted octanol–water partition coefficient (Wildman–Crippen LogP) is 1.93. The summed E-state index contributed by atoms with van der Waals surface area (Å²) in [4.78, 5) is 12.3. The molecule has 0 bridgehead atoms. The number of aromatic nitrogens is 1. The molecule has 2 unspecified atom stereocenters. The summed E-state index contributed by atoms with van der Waals surface area (Å²) in [6.45, 7) is 4.82. The molecular weight excluding hydrogens is 226 g/mol. The standard InChI is InChI=1S/C14H23N3O/c1-10(2)17-8-4-7-13(17)14(18)16-12-6-3-5-11(12)9-15/h4,7-8,10-12H,3,5-6,9,15H2,1-2H3,(H,16,18). The Balaban J connectivity index is 2.05. The number of carbonyl (C=O) groups is 1. The van der Waals surface area contributed by atoms with Gasteiger partial charge in [-0.05, 0) is 51.3 Å². The summed E-state index contributed by atoms with van der Waals surface area (Å²) < 4.78 is 2.00. The molecule has 1 aliphatic rings. The van der Waals surface area contributed by atoms with Crippen molar-refractivity contribution < 1.29 is 4.79 Å². The Morgan fingerprint density at radius 1 is 1.56 bits per heavy atom. The first-order chi connectivity index (χ1) is 8.63. The van der Waals surface area contributed by atoms with Gasteiger partial charge >= 0.3 is 0 Å². The van der Waals surface area contributed by atoms with Gasteiger partial charge in [0.2, 0.25) is 0 Å². The number of amides is 1. The van der Waals surface area contributed by atoms with E-state index in [-0.39, 0.29) is 11.9 Å². The normalized spacial score (nSPS) is 23.6. The van der Waals surface area contributed by atoms with Crippen molar-refractivity contribution >= 4 is 5.91 Å². The fourth-order valence-electron chi connectivity index (χ4n) is 2.79. The van der Waals surface area contributed by atoms with E-state index in [1.165, 1.54) is 0 Å². The van der Waals surface area contributed by atoms with E-state index in [9.17, 15) is 4.79 Å². The largest absolute Gasteiger partial charge is 0.348 e. The van der Waals surface area contributed by atoms with Gasteiger partial charge in [0, 0.05) is 18.3 Å². The summed E-state index contributed by atoms with van der Waals surface area (Å²) in [5, 5.41) is 3.14. The molecule has 1 aromatic heterocycles.